The fourth-order valence-electron chi connectivity index (χ4n) is 3.73. The lowest BCUT2D eigenvalue weighted by Crippen LogP contribution is -2.50. The number of nitrogens with one attached hydrogen (secondary N) is 2. The number of fused-ring (bicyclic) bond motifs is 2. The Hall–Kier alpha value is -1.26. The second-order valence-electron chi connectivity index (χ2n) is 6.49. The fraction of sp³-hybridized carbons (Fsp3) is 0.867. The van der Waals surface area contributed by atoms with Crippen LogP contribution in [-0.2, 0) is 4.79 Å². The minimum Gasteiger partial charge on any atom is -0.480 e. The molecule has 0 saturated heterocycles. The summed E-state index contributed by atoms with van der Waals surface area (Å²) in [4.78, 5) is 23.0. The van der Waals surface area contributed by atoms with Gasteiger partial charge in [-0.15, -0.1) is 0 Å². The monoisotopic (exact) mass is 282 g/mol. The van der Waals surface area contributed by atoms with Gasteiger partial charge in [0.05, 0.1) is 0 Å². The van der Waals surface area contributed by atoms with E-state index in [1.54, 1.807) is 0 Å². The van der Waals surface area contributed by atoms with E-state index in [4.69, 9.17) is 5.11 Å². The first kappa shape index (κ1) is 15.1. The number of rotatable bonds is 6. The molecule has 2 saturated carbocycles. The molecular weight excluding hydrogens is 256 g/mol. The maximum absolute atomic E-state index is 11.9. The average Bonchev–Trinajstić information content (AvgIpc) is 3.03. The molecule has 2 aliphatic rings. The van der Waals surface area contributed by atoms with Gasteiger partial charge in [0.15, 0.2) is 0 Å². The van der Waals surface area contributed by atoms with E-state index in [0.29, 0.717) is 12.5 Å². The van der Waals surface area contributed by atoms with E-state index in [-0.39, 0.29) is 11.9 Å². The first-order valence-electron chi connectivity index (χ1n) is 7.78. The summed E-state index contributed by atoms with van der Waals surface area (Å²) in [6.45, 7) is 4.45. The molecule has 0 heterocycles. The molecule has 2 amide bonds. The standard InChI is InChI=1S/C15H26N2O3/c1-3-9(2)13(14(18)19)17-15(20)16-8-12-7-10-4-5-11(12)6-10/h9-13H,3-8H2,1-2H3,(H,18,19)(H2,16,17,20). The lowest BCUT2D eigenvalue weighted by Gasteiger charge is -2.24. The maximum Gasteiger partial charge on any atom is 0.326 e. The van der Waals surface area contributed by atoms with Crippen molar-refractivity contribution in [2.24, 2.45) is 23.7 Å². The van der Waals surface area contributed by atoms with Gasteiger partial charge in [-0.05, 0) is 42.9 Å². The topological polar surface area (TPSA) is 78.4 Å². The third-order valence-corrected chi connectivity index (χ3v) is 5.17. The molecule has 5 nitrogen and oxygen atoms in total. The predicted molar refractivity (Wildman–Crippen MR) is 76.4 cm³/mol. The number of carbonyl (C=O) groups excluding carboxylic acids is 1. The molecule has 0 aromatic carbocycles. The fourth-order valence-corrected chi connectivity index (χ4v) is 3.73. The second kappa shape index (κ2) is 6.46. The van der Waals surface area contributed by atoms with Crippen LogP contribution in [0.5, 0.6) is 0 Å². The van der Waals surface area contributed by atoms with Crippen molar-refractivity contribution in [3.05, 3.63) is 0 Å². The Kier molecular flexibility index (Phi) is 4.89. The first-order chi connectivity index (χ1) is 9.51. The largest absolute Gasteiger partial charge is 0.480 e. The summed E-state index contributed by atoms with van der Waals surface area (Å²) in [6.07, 6.45) is 5.91. The molecule has 5 heteroatoms. The predicted octanol–water partition coefficient (Wildman–Crippen LogP) is 2.22. The lowest BCUT2D eigenvalue weighted by atomic mass is 9.89. The number of hydrogen-bond acceptors (Lipinski definition) is 2. The molecule has 2 fully saturated rings. The molecule has 0 aromatic heterocycles. The van der Waals surface area contributed by atoms with Crippen molar-refractivity contribution >= 4 is 12.0 Å². The van der Waals surface area contributed by atoms with Crippen LogP contribution < -0.4 is 10.6 Å². The first-order valence-corrected chi connectivity index (χ1v) is 7.78. The van der Waals surface area contributed by atoms with Crippen LogP contribution >= 0.6 is 0 Å². The minimum atomic E-state index is -0.963. The molecular formula is C15H26N2O3. The third kappa shape index (κ3) is 3.44. The molecule has 5 unspecified atom stereocenters. The quantitative estimate of drug-likeness (QED) is 0.699. The van der Waals surface area contributed by atoms with Gasteiger partial charge < -0.3 is 15.7 Å². The molecule has 0 aliphatic heterocycles. The van der Waals surface area contributed by atoms with Crippen molar-refractivity contribution in [1.82, 2.24) is 10.6 Å². The van der Waals surface area contributed by atoms with Crippen LogP contribution in [0.2, 0.25) is 0 Å². The van der Waals surface area contributed by atoms with Crippen molar-refractivity contribution < 1.29 is 14.7 Å². The highest BCUT2D eigenvalue weighted by atomic mass is 16.4. The van der Waals surface area contributed by atoms with E-state index in [1.807, 2.05) is 13.8 Å². The van der Waals surface area contributed by atoms with Crippen molar-refractivity contribution in [2.45, 2.75) is 52.0 Å². The van der Waals surface area contributed by atoms with Crippen molar-refractivity contribution in [3.63, 3.8) is 0 Å². The van der Waals surface area contributed by atoms with Crippen LogP contribution in [0.15, 0.2) is 0 Å². The Labute approximate surface area is 120 Å². The van der Waals surface area contributed by atoms with E-state index >= 15 is 0 Å². The number of hydrogen-bond donors (Lipinski definition) is 3. The summed E-state index contributed by atoms with van der Waals surface area (Å²) in [5.74, 6) is 1.19. The summed E-state index contributed by atoms with van der Waals surface area (Å²) < 4.78 is 0. The summed E-state index contributed by atoms with van der Waals surface area (Å²) in [7, 11) is 0. The highest BCUT2D eigenvalue weighted by Gasteiger charge is 2.39. The third-order valence-electron chi connectivity index (χ3n) is 5.17. The minimum absolute atomic E-state index is 0.0688. The number of amides is 2. The summed E-state index contributed by atoms with van der Waals surface area (Å²) >= 11 is 0. The van der Waals surface area contributed by atoms with E-state index in [1.165, 1.54) is 25.7 Å². The number of carboxylic acids is 1. The van der Waals surface area contributed by atoms with Crippen LogP contribution in [-0.4, -0.2) is 29.7 Å². The van der Waals surface area contributed by atoms with Gasteiger partial charge in [-0.25, -0.2) is 9.59 Å². The number of carboxylic acid groups (broad SMARTS) is 1. The van der Waals surface area contributed by atoms with E-state index < -0.39 is 12.0 Å². The van der Waals surface area contributed by atoms with Crippen LogP contribution in [0.25, 0.3) is 0 Å². The molecule has 2 rings (SSSR count). The Morgan fingerprint density at radius 3 is 2.55 bits per heavy atom. The Morgan fingerprint density at radius 2 is 2.05 bits per heavy atom. The number of urea groups is 1. The molecule has 2 bridgehead atoms. The number of carbonyl (C=O) groups is 2. The summed E-state index contributed by atoms with van der Waals surface area (Å²) in [5, 5.41) is 14.6. The molecule has 0 spiro atoms. The van der Waals surface area contributed by atoms with Crippen molar-refractivity contribution in [3.8, 4) is 0 Å². The summed E-state index contributed by atoms with van der Waals surface area (Å²) in [6, 6.07) is -1.15. The van der Waals surface area contributed by atoms with E-state index in [0.717, 1.165) is 18.3 Å². The van der Waals surface area contributed by atoms with Crippen LogP contribution in [0.3, 0.4) is 0 Å². The molecule has 20 heavy (non-hydrogen) atoms. The van der Waals surface area contributed by atoms with Gasteiger partial charge in [-0.1, -0.05) is 26.7 Å². The molecule has 0 aromatic rings. The molecule has 114 valence electrons. The van der Waals surface area contributed by atoms with Gasteiger partial charge in [-0.2, -0.15) is 0 Å². The highest BCUT2D eigenvalue weighted by Crippen LogP contribution is 2.47. The van der Waals surface area contributed by atoms with E-state index in [9.17, 15) is 9.59 Å². The molecule has 5 atom stereocenters. The normalized spacial score (nSPS) is 30.8. The Balaban J connectivity index is 1.75. The maximum atomic E-state index is 11.9. The highest BCUT2D eigenvalue weighted by molar-refractivity contribution is 5.82. The van der Waals surface area contributed by atoms with Gasteiger partial charge in [0.2, 0.25) is 0 Å². The van der Waals surface area contributed by atoms with Gasteiger partial charge >= 0.3 is 12.0 Å². The smallest absolute Gasteiger partial charge is 0.326 e. The zero-order valence-corrected chi connectivity index (χ0v) is 12.4. The molecule has 2 aliphatic carbocycles. The Morgan fingerprint density at radius 1 is 1.30 bits per heavy atom. The average molecular weight is 282 g/mol. The summed E-state index contributed by atoms with van der Waals surface area (Å²) in [5.41, 5.74) is 0. The van der Waals surface area contributed by atoms with Gasteiger partial charge in [-0.3, -0.25) is 0 Å². The molecule has 3 N–H and O–H groups in total. The zero-order valence-electron chi connectivity index (χ0n) is 12.4. The van der Waals surface area contributed by atoms with Crippen LogP contribution in [0, 0.1) is 23.7 Å². The van der Waals surface area contributed by atoms with Crippen LogP contribution in [0.1, 0.15) is 46.0 Å². The second-order valence-corrected chi connectivity index (χ2v) is 6.49. The van der Waals surface area contributed by atoms with Gasteiger partial charge in [0, 0.05) is 6.54 Å². The van der Waals surface area contributed by atoms with Crippen LogP contribution in [0.4, 0.5) is 4.79 Å². The number of aliphatic carboxylic acids is 1. The molecule has 0 radical (unpaired) electrons. The van der Waals surface area contributed by atoms with Gasteiger partial charge in [0.1, 0.15) is 6.04 Å². The van der Waals surface area contributed by atoms with E-state index in [2.05, 4.69) is 10.6 Å². The zero-order chi connectivity index (χ0) is 14.7. The van der Waals surface area contributed by atoms with Gasteiger partial charge in [0.25, 0.3) is 0 Å². The van der Waals surface area contributed by atoms with Crippen molar-refractivity contribution in [1.29, 1.82) is 0 Å². The SMILES string of the molecule is CCC(C)C(NC(=O)NCC1CC2CCC1C2)C(=O)O. The van der Waals surface area contributed by atoms with Crippen molar-refractivity contribution in [2.75, 3.05) is 6.54 Å². The Bertz CT molecular complexity index is 372. The lowest BCUT2D eigenvalue weighted by molar-refractivity contribution is -0.140.